The maximum absolute atomic E-state index is 6.36. The predicted octanol–water partition coefficient (Wildman–Crippen LogP) is 8.43. The first-order valence-electron chi connectivity index (χ1n) is 13.2. The Hall–Kier alpha value is -4.60. The molecule has 8 rings (SSSR count). The molecular formula is C35H23N4OPt-3. The average Bonchev–Trinajstić information content (AvgIpc) is 3.52. The van der Waals surface area contributed by atoms with Crippen LogP contribution < -0.4 is 14.5 Å². The zero-order valence-corrected chi connectivity index (χ0v) is 24.3. The minimum Gasteiger partial charge on any atom is -0.509 e. The standard InChI is InChI=1S/C35H23N4O.Pt/c1-37-23-38(32-19-16-24-9-2-3-12-28(24)35(32)37)25-10-8-11-26(21-25)40-27-17-18-30-29-13-4-5-14-31(29)39(33(30)22-27)34-15-6-7-20-36-34;/h2-20,23H,1H3;/q-3;. The summed E-state index contributed by atoms with van der Waals surface area (Å²) in [5.41, 5.74) is 5.20. The molecule has 3 heterocycles. The van der Waals surface area contributed by atoms with E-state index in [0.717, 1.165) is 39.0 Å². The summed E-state index contributed by atoms with van der Waals surface area (Å²) in [5, 5.41) is 4.70. The molecular weight excluding hydrogens is 687 g/mol. The van der Waals surface area contributed by atoms with Crippen LogP contribution in [0.5, 0.6) is 11.5 Å². The first-order valence-corrected chi connectivity index (χ1v) is 13.2. The van der Waals surface area contributed by atoms with Crippen LogP contribution >= 0.6 is 0 Å². The van der Waals surface area contributed by atoms with Gasteiger partial charge in [-0.2, -0.15) is 18.8 Å². The SMILES string of the molecule is CN1[CH-]N(c2[c-]c(Oc3[c-]c4c(cc3)c3ccccc3n4-c3ccccn3)ccc2)c2ccc3ccccc3c21.[Pt]. The summed E-state index contributed by atoms with van der Waals surface area (Å²) >= 11 is 0. The largest absolute Gasteiger partial charge is 0.509 e. The molecule has 0 spiro atoms. The van der Waals surface area contributed by atoms with E-state index >= 15 is 0 Å². The van der Waals surface area contributed by atoms with Gasteiger partial charge in [0.1, 0.15) is 5.82 Å². The molecule has 6 heteroatoms. The van der Waals surface area contributed by atoms with Gasteiger partial charge in [-0.25, -0.2) is 4.98 Å². The number of pyridine rings is 1. The van der Waals surface area contributed by atoms with Crippen LogP contribution in [-0.2, 0) is 21.1 Å². The number of benzene rings is 5. The summed E-state index contributed by atoms with van der Waals surface area (Å²) < 4.78 is 8.49. The van der Waals surface area contributed by atoms with Gasteiger partial charge in [0.15, 0.2) is 0 Å². The Morgan fingerprint density at radius 3 is 2.39 bits per heavy atom. The molecule has 0 amide bonds. The molecule has 7 aromatic rings. The van der Waals surface area contributed by atoms with Crippen LogP contribution in [0, 0.1) is 18.8 Å². The Morgan fingerprint density at radius 2 is 1.51 bits per heavy atom. The van der Waals surface area contributed by atoms with Crippen molar-refractivity contribution in [3.63, 3.8) is 0 Å². The quantitative estimate of drug-likeness (QED) is 0.172. The van der Waals surface area contributed by atoms with Gasteiger partial charge < -0.3 is 19.1 Å². The molecule has 0 N–H and O–H groups in total. The molecule has 5 nitrogen and oxygen atoms in total. The van der Waals surface area contributed by atoms with Gasteiger partial charge in [-0.1, -0.05) is 60.1 Å². The zero-order chi connectivity index (χ0) is 26.6. The van der Waals surface area contributed by atoms with E-state index in [1.807, 2.05) is 54.7 Å². The number of hydrogen-bond acceptors (Lipinski definition) is 4. The van der Waals surface area contributed by atoms with Gasteiger partial charge in [0.2, 0.25) is 0 Å². The maximum Gasteiger partial charge on any atom is 0.135 e. The second-order valence-corrected chi connectivity index (χ2v) is 9.88. The van der Waals surface area contributed by atoms with Gasteiger partial charge in [0, 0.05) is 61.0 Å². The molecule has 0 aliphatic carbocycles. The summed E-state index contributed by atoms with van der Waals surface area (Å²) in [6.45, 7) is 2.09. The third-order valence-corrected chi connectivity index (χ3v) is 7.45. The molecule has 0 saturated carbocycles. The summed E-state index contributed by atoms with van der Waals surface area (Å²) in [6.07, 6.45) is 1.81. The van der Waals surface area contributed by atoms with Crippen LogP contribution in [-0.4, -0.2) is 16.6 Å². The summed E-state index contributed by atoms with van der Waals surface area (Å²) in [7, 11) is 2.08. The van der Waals surface area contributed by atoms with E-state index < -0.39 is 0 Å². The molecule has 1 aliphatic rings. The molecule has 0 atom stereocenters. The van der Waals surface area contributed by atoms with E-state index in [1.54, 1.807) is 0 Å². The van der Waals surface area contributed by atoms with Crippen molar-refractivity contribution in [3.8, 4) is 17.3 Å². The van der Waals surface area contributed by atoms with Crippen molar-refractivity contribution in [2.75, 3.05) is 16.8 Å². The average molecular weight is 711 g/mol. The van der Waals surface area contributed by atoms with Crippen molar-refractivity contribution in [1.29, 1.82) is 0 Å². The fourth-order valence-electron chi connectivity index (χ4n) is 5.71. The summed E-state index contributed by atoms with van der Waals surface area (Å²) in [4.78, 5) is 8.93. The van der Waals surface area contributed by atoms with E-state index in [4.69, 9.17) is 4.74 Å². The van der Waals surface area contributed by atoms with Crippen LogP contribution in [0.1, 0.15) is 0 Å². The van der Waals surface area contributed by atoms with E-state index in [-0.39, 0.29) is 21.1 Å². The summed E-state index contributed by atoms with van der Waals surface area (Å²) in [6, 6.07) is 44.1. The second-order valence-electron chi connectivity index (χ2n) is 9.88. The molecule has 0 fully saturated rings. The van der Waals surface area contributed by atoms with Crippen LogP contribution in [0.3, 0.4) is 0 Å². The molecule has 0 radical (unpaired) electrons. The number of anilines is 3. The maximum atomic E-state index is 6.36. The van der Waals surface area contributed by atoms with E-state index in [1.165, 1.54) is 16.5 Å². The first kappa shape index (κ1) is 25.4. The Bertz CT molecular complexity index is 2050. The fourth-order valence-corrected chi connectivity index (χ4v) is 5.71. The van der Waals surface area contributed by atoms with Crippen LogP contribution in [0.4, 0.5) is 17.1 Å². The van der Waals surface area contributed by atoms with Crippen molar-refractivity contribution in [2.45, 2.75) is 0 Å². The Morgan fingerprint density at radius 1 is 0.707 bits per heavy atom. The molecule has 1 aliphatic heterocycles. The van der Waals surface area contributed by atoms with Crippen molar-refractivity contribution in [3.05, 3.63) is 134 Å². The van der Waals surface area contributed by atoms with Crippen LogP contribution in [0.2, 0.25) is 0 Å². The van der Waals surface area contributed by atoms with Crippen molar-refractivity contribution in [1.82, 2.24) is 9.55 Å². The van der Waals surface area contributed by atoms with Gasteiger partial charge in [-0.05, 0) is 42.1 Å². The second kappa shape index (κ2) is 10.1. The first-order chi connectivity index (χ1) is 19.7. The Kier molecular flexibility index (Phi) is 6.25. The fraction of sp³-hybridized carbons (Fsp3) is 0.0286. The van der Waals surface area contributed by atoms with Gasteiger partial charge in [-0.3, -0.25) is 0 Å². The number of rotatable bonds is 4. The molecule has 41 heavy (non-hydrogen) atoms. The van der Waals surface area contributed by atoms with Gasteiger partial charge >= 0.3 is 0 Å². The molecule has 5 aromatic carbocycles. The number of fused-ring (bicyclic) bond motifs is 6. The third-order valence-electron chi connectivity index (χ3n) is 7.45. The smallest absolute Gasteiger partial charge is 0.135 e. The normalized spacial score (nSPS) is 12.6. The summed E-state index contributed by atoms with van der Waals surface area (Å²) in [5.74, 6) is 2.09. The Balaban J connectivity index is 0.00000276. The van der Waals surface area contributed by atoms with Crippen molar-refractivity contribution < 1.29 is 25.8 Å². The zero-order valence-electron chi connectivity index (χ0n) is 22.1. The van der Waals surface area contributed by atoms with Crippen LogP contribution in [0.25, 0.3) is 38.4 Å². The number of nitrogens with zero attached hydrogens (tertiary/aromatic N) is 4. The van der Waals surface area contributed by atoms with Crippen LogP contribution in [0.15, 0.2) is 115 Å². The molecule has 0 unspecified atom stereocenters. The van der Waals surface area contributed by atoms with Crippen molar-refractivity contribution in [2.24, 2.45) is 0 Å². The van der Waals surface area contributed by atoms with E-state index in [2.05, 4.69) is 106 Å². The molecule has 0 saturated heterocycles. The van der Waals surface area contributed by atoms with Gasteiger partial charge in [0.25, 0.3) is 0 Å². The minimum absolute atomic E-state index is 0. The molecule has 0 bridgehead atoms. The minimum atomic E-state index is 0. The number of ether oxygens (including phenoxy) is 1. The number of aromatic nitrogens is 2. The van der Waals surface area contributed by atoms with Gasteiger partial charge in [-0.15, -0.1) is 41.4 Å². The number of para-hydroxylation sites is 1. The topological polar surface area (TPSA) is 33.5 Å². The van der Waals surface area contributed by atoms with Gasteiger partial charge in [0.05, 0.1) is 0 Å². The van der Waals surface area contributed by atoms with E-state index in [0.29, 0.717) is 11.5 Å². The van der Waals surface area contributed by atoms with Crippen molar-refractivity contribution >= 4 is 49.6 Å². The predicted molar refractivity (Wildman–Crippen MR) is 162 cm³/mol. The monoisotopic (exact) mass is 710 g/mol. The molecule has 2 aromatic heterocycles. The Labute approximate surface area is 252 Å². The molecule has 202 valence electrons. The third kappa shape index (κ3) is 4.16. The number of hydrogen-bond donors (Lipinski definition) is 0. The van der Waals surface area contributed by atoms with E-state index in [9.17, 15) is 0 Å².